The average Bonchev–Trinajstić information content (AvgIpc) is 4.49. The highest BCUT2D eigenvalue weighted by Crippen LogP contribution is 2.52. The summed E-state index contributed by atoms with van der Waals surface area (Å²) >= 11 is 12.1. The Labute approximate surface area is 470 Å². The number of aliphatic carboxylic acids is 1. The number of pyridine rings is 2. The monoisotopic (exact) mass is 1090 g/mol. The standard InChI is InChI=1S/C33H32ClN3O2.C23H21ClN2O3.C9H12N2/c34-27-12-10-26(11-13-27)33(17-18-33)16-15-30-32(39)37(31(21-36-30)24-5-2-1-3-6-24)22-28(38)14-9-23-19-25-7-4-8-29(25)35-20-23;24-18-8-6-17(7-9-18)23(12-13-23)11-10-19-22(29)26(15-21(27)28)20(14-25-19)16-4-2-1-3-5-16;10-5-7-4-8-2-1-3-9(8)11-6-7/h1-3,5-6,10-13,19-21H,4,7-9,14-18,22H2;1-9,14H,10-13,15H2,(H,27,28);4,6H,1-3,5,10H2. The van der Waals surface area contributed by atoms with E-state index in [1.165, 1.54) is 51.1 Å². The second-order valence-electron chi connectivity index (χ2n) is 21.5. The molecule has 0 saturated heterocycles. The van der Waals surface area contributed by atoms with Crippen LogP contribution in [-0.4, -0.2) is 45.9 Å². The quantitative estimate of drug-likeness (QED) is 0.0841. The number of hydrogen-bond acceptors (Lipinski definition) is 9. The molecule has 0 spiro atoms. The number of hydrogen-bond donors (Lipinski definition) is 2. The number of nitrogens with zero attached hydrogens (tertiary/aromatic N) is 6. The maximum Gasteiger partial charge on any atom is 0.323 e. The predicted octanol–water partition coefficient (Wildman–Crippen LogP) is 11.7. The Bertz CT molecular complexity index is 3580. The molecular weight excluding hydrogens is 1030 g/mol. The van der Waals surface area contributed by atoms with Crippen LogP contribution >= 0.6 is 23.2 Å². The summed E-state index contributed by atoms with van der Waals surface area (Å²) in [5.41, 5.74) is 18.9. The fourth-order valence-electron chi connectivity index (χ4n) is 11.3. The van der Waals surface area contributed by atoms with Crippen LogP contribution in [0.4, 0.5) is 0 Å². The van der Waals surface area contributed by atoms with Crippen LogP contribution < -0.4 is 16.9 Å². The average molecular weight is 1100 g/mol. The van der Waals surface area contributed by atoms with E-state index in [1.54, 1.807) is 17.0 Å². The zero-order valence-electron chi connectivity index (χ0n) is 44.4. The first-order valence-electron chi connectivity index (χ1n) is 27.6. The van der Waals surface area contributed by atoms with Gasteiger partial charge in [0.1, 0.15) is 17.9 Å². The number of fused-ring (bicyclic) bond motifs is 2. The molecule has 4 aliphatic carbocycles. The van der Waals surface area contributed by atoms with Crippen molar-refractivity contribution in [2.45, 2.75) is 133 Å². The van der Waals surface area contributed by atoms with Crippen molar-refractivity contribution in [3.63, 3.8) is 0 Å². The number of carbonyl (C=O) groups is 2. The summed E-state index contributed by atoms with van der Waals surface area (Å²) < 4.78 is 2.94. The van der Waals surface area contributed by atoms with Crippen molar-refractivity contribution in [2.75, 3.05) is 0 Å². The number of halogens is 2. The lowest BCUT2D eigenvalue weighted by atomic mass is 9.90. The minimum atomic E-state index is -1.05. The topological polar surface area (TPSA) is 176 Å². The minimum Gasteiger partial charge on any atom is -0.480 e. The lowest BCUT2D eigenvalue weighted by Crippen LogP contribution is -2.30. The fraction of sp³-hybridized carbons (Fsp3) is 0.323. The maximum absolute atomic E-state index is 13.7. The molecule has 0 aliphatic heterocycles. The van der Waals surface area contributed by atoms with Crippen LogP contribution in [0.25, 0.3) is 22.5 Å². The Morgan fingerprint density at radius 1 is 0.544 bits per heavy atom. The Hall–Kier alpha value is -7.38. The molecule has 4 aliphatic rings. The number of carboxylic acids is 1. The third kappa shape index (κ3) is 13.4. The van der Waals surface area contributed by atoms with Gasteiger partial charge in [0.25, 0.3) is 11.1 Å². The van der Waals surface area contributed by atoms with Crippen LogP contribution in [0, 0.1) is 0 Å². The number of carboxylic acid groups (broad SMARTS) is 1. The van der Waals surface area contributed by atoms with Crippen molar-refractivity contribution in [1.82, 2.24) is 29.1 Å². The number of aryl methyl sites for hydroxylation is 7. The summed E-state index contributed by atoms with van der Waals surface area (Å²) in [5, 5.41) is 10.7. The van der Waals surface area contributed by atoms with E-state index in [4.69, 9.17) is 28.9 Å². The first-order valence-corrected chi connectivity index (χ1v) is 28.3. The Morgan fingerprint density at radius 2 is 0.987 bits per heavy atom. The number of Topliss-reactive ketones (excluding diaryl/α,β-unsaturated/α-hetero) is 1. The molecule has 0 bridgehead atoms. The molecule has 0 amide bonds. The van der Waals surface area contributed by atoms with Crippen LogP contribution in [0.2, 0.25) is 10.0 Å². The number of aromatic nitrogens is 6. The summed E-state index contributed by atoms with van der Waals surface area (Å²) in [6.07, 6.45) is 22.1. The molecule has 14 heteroatoms. The highest BCUT2D eigenvalue weighted by molar-refractivity contribution is 6.30. The zero-order valence-corrected chi connectivity index (χ0v) is 45.9. The van der Waals surface area contributed by atoms with Crippen molar-refractivity contribution >= 4 is 35.0 Å². The van der Waals surface area contributed by atoms with E-state index in [-0.39, 0.29) is 40.8 Å². The van der Waals surface area contributed by atoms with Gasteiger partial charge in [0.05, 0.1) is 30.3 Å². The van der Waals surface area contributed by atoms with Gasteiger partial charge in [-0.25, -0.2) is 0 Å². The number of ketones is 1. The predicted molar refractivity (Wildman–Crippen MR) is 311 cm³/mol. The number of carbonyl (C=O) groups excluding carboxylic acids is 1. The first kappa shape index (κ1) is 55.0. The van der Waals surface area contributed by atoms with E-state index >= 15 is 0 Å². The van der Waals surface area contributed by atoms with Gasteiger partial charge in [-0.05, 0) is 176 Å². The Morgan fingerprint density at radius 3 is 1.43 bits per heavy atom. The third-order valence-electron chi connectivity index (χ3n) is 16.2. The second-order valence-corrected chi connectivity index (χ2v) is 22.4. The van der Waals surface area contributed by atoms with Gasteiger partial charge in [-0.1, -0.05) is 120 Å². The van der Waals surface area contributed by atoms with E-state index in [0.29, 0.717) is 60.0 Å². The summed E-state index contributed by atoms with van der Waals surface area (Å²) in [5.74, 6) is -1.02. The van der Waals surface area contributed by atoms with Crippen molar-refractivity contribution in [1.29, 1.82) is 0 Å². The van der Waals surface area contributed by atoms with Crippen LogP contribution in [0.1, 0.15) is 114 Å². The molecule has 4 aromatic heterocycles. The molecule has 3 N–H and O–H groups in total. The maximum atomic E-state index is 13.7. The smallest absolute Gasteiger partial charge is 0.323 e. The fourth-order valence-corrected chi connectivity index (χ4v) is 11.5. The molecule has 12 nitrogen and oxygen atoms in total. The molecule has 4 heterocycles. The van der Waals surface area contributed by atoms with Gasteiger partial charge in [-0.3, -0.25) is 48.2 Å². The van der Waals surface area contributed by atoms with Gasteiger partial charge < -0.3 is 10.8 Å². The summed E-state index contributed by atoms with van der Waals surface area (Å²) in [7, 11) is 0. The molecule has 2 fully saturated rings. The number of benzene rings is 4. The van der Waals surface area contributed by atoms with Crippen molar-refractivity contribution < 1.29 is 14.7 Å². The second kappa shape index (κ2) is 24.7. The number of rotatable bonds is 18. The van der Waals surface area contributed by atoms with E-state index in [2.05, 4.69) is 44.2 Å². The van der Waals surface area contributed by atoms with Crippen molar-refractivity contribution in [3.05, 3.63) is 233 Å². The van der Waals surface area contributed by atoms with Crippen LogP contribution in [0.5, 0.6) is 0 Å². The van der Waals surface area contributed by atoms with E-state index in [1.807, 2.05) is 109 Å². The van der Waals surface area contributed by atoms with Crippen molar-refractivity contribution in [2.24, 2.45) is 5.73 Å². The summed E-state index contributed by atoms with van der Waals surface area (Å²) in [4.78, 5) is 69.3. The molecule has 79 heavy (non-hydrogen) atoms. The Kier molecular flexibility index (Phi) is 17.2. The van der Waals surface area contributed by atoms with Gasteiger partial charge in [0.15, 0.2) is 5.78 Å². The van der Waals surface area contributed by atoms with Crippen LogP contribution in [-0.2, 0) is 85.0 Å². The van der Waals surface area contributed by atoms with E-state index in [9.17, 15) is 24.3 Å². The van der Waals surface area contributed by atoms with Gasteiger partial charge in [-0.15, -0.1) is 0 Å². The number of nitrogens with two attached hydrogens (primary N) is 1. The Balaban J connectivity index is 0.000000153. The summed E-state index contributed by atoms with van der Waals surface area (Å²) in [6.45, 7) is 0.264. The molecular formula is C65H65Cl2N7O5. The largest absolute Gasteiger partial charge is 0.480 e. The van der Waals surface area contributed by atoms with Gasteiger partial charge in [0.2, 0.25) is 0 Å². The van der Waals surface area contributed by atoms with Gasteiger partial charge >= 0.3 is 5.97 Å². The van der Waals surface area contributed by atoms with Gasteiger partial charge in [0, 0.05) is 46.8 Å². The lowest BCUT2D eigenvalue weighted by Gasteiger charge is -2.17. The van der Waals surface area contributed by atoms with Crippen LogP contribution in [0.3, 0.4) is 0 Å². The molecule has 0 unspecified atom stereocenters. The molecule has 404 valence electrons. The SMILES string of the molecule is NCc1cnc2c(c1)CCC2.O=C(CCc1cnc2c(c1)CCC2)Cn1c(-c2ccccc2)cnc(CCC2(c3ccc(Cl)cc3)CC2)c1=O.O=C(O)Cn1c(-c2ccccc2)cnc(CCC2(c3ccc(Cl)cc3)CC2)c1=O. The normalized spacial score (nSPS) is 14.9. The zero-order chi connectivity index (χ0) is 54.9. The highest BCUT2D eigenvalue weighted by Gasteiger charge is 2.44. The van der Waals surface area contributed by atoms with E-state index in [0.717, 1.165) is 91.5 Å². The molecule has 0 radical (unpaired) electrons. The summed E-state index contributed by atoms with van der Waals surface area (Å²) in [6, 6.07) is 39.3. The molecule has 8 aromatic rings. The van der Waals surface area contributed by atoms with Gasteiger partial charge in [-0.2, -0.15) is 0 Å². The minimum absolute atomic E-state index is 0.0340. The van der Waals surface area contributed by atoms with Crippen molar-refractivity contribution in [3.8, 4) is 22.5 Å². The molecule has 12 rings (SSSR count). The first-order chi connectivity index (χ1) is 38.4. The van der Waals surface area contributed by atoms with Crippen LogP contribution in [0.15, 0.2) is 156 Å². The third-order valence-corrected chi connectivity index (χ3v) is 16.7. The van der Waals surface area contributed by atoms with E-state index < -0.39 is 5.97 Å². The lowest BCUT2D eigenvalue weighted by molar-refractivity contribution is -0.137. The molecule has 4 aromatic carbocycles. The molecule has 0 atom stereocenters. The highest BCUT2D eigenvalue weighted by atomic mass is 35.5. The molecule has 2 saturated carbocycles.